The van der Waals surface area contributed by atoms with E-state index < -0.39 is 0 Å². The Hall–Kier alpha value is -1.54. The second-order valence-electron chi connectivity index (χ2n) is 5.16. The highest BCUT2D eigenvalue weighted by atomic mass is 16.5. The van der Waals surface area contributed by atoms with Crippen molar-refractivity contribution in [2.75, 3.05) is 13.2 Å². The summed E-state index contributed by atoms with van der Waals surface area (Å²) in [5, 5.41) is 6.00. The average molecular weight is 271 g/mol. The Kier molecular flexibility index (Phi) is 5.87. The van der Waals surface area contributed by atoms with E-state index in [1.807, 2.05) is 0 Å². The lowest BCUT2D eigenvalue weighted by Crippen LogP contribution is -2.28. The molecule has 2 rings (SSSR count). The third-order valence-electron chi connectivity index (χ3n) is 3.67. The van der Waals surface area contributed by atoms with Gasteiger partial charge in [0, 0.05) is 6.04 Å². The summed E-state index contributed by atoms with van der Waals surface area (Å²) in [6.07, 6.45) is 3.46. The third kappa shape index (κ3) is 4.24. The van der Waals surface area contributed by atoms with Gasteiger partial charge in [0.25, 0.3) is 0 Å². The SMILES string of the molecule is CCNC(CC)CCCOc1ccc2ccccc2c1. The molecule has 0 heterocycles. The largest absolute Gasteiger partial charge is 0.494 e. The molecule has 0 aliphatic heterocycles. The van der Waals surface area contributed by atoms with Gasteiger partial charge in [-0.2, -0.15) is 0 Å². The molecule has 0 aliphatic rings. The highest BCUT2D eigenvalue weighted by molar-refractivity contribution is 5.83. The van der Waals surface area contributed by atoms with Crippen LogP contribution >= 0.6 is 0 Å². The number of nitrogens with one attached hydrogen (secondary N) is 1. The first-order chi connectivity index (χ1) is 9.83. The summed E-state index contributed by atoms with van der Waals surface area (Å²) in [7, 11) is 0. The fourth-order valence-electron chi connectivity index (χ4n) is 2.52. The molecular formula is C18H25NO. The smallest absolute Gasteiger partial charge is 0.119 e. The summed E-state index contributed by atoms with van der Waals surface area (Å²) in [5.74, 6) is 0.972. The minimum Gasteiger partial charge on any atom is -0.494 e. The van der Waals surface area contributed by atoms with E-state index >= 15 is 0 Å². The molecule has 0 aromatic heterocycles. The van der Waals surface area contributed by atoms with Gasteiger partial charge in [0.05, 0.1) is 6.61 Å². The Morgan fingerprint density at radius 3 is 2.60 bits per heavy atom. The summed E-state index contributed by atoms with van der Waals surface area (Å²) in [5.41, 5.74) is 0. The molecule has 108 valence electrons. The van der Waals surface area contributed by atoms with Gasteiger partial charge >= 0.3 is 0 Å². The number of benzene rings is 2. The van der Waals surface area contributed by atoms with Crippen LogP contribution < -0.4 is 10.1 Å². The maximum atomic E-state index is 5.86. The van der Waals surface area contributed by atoms with Crippen LogP contribution in [0.2, 0.25) is 0 Å². The van der Waals surface area contributed by atoms with Crippen LogP contribution in [-0.2, 0) is 0 Å². The molecule has 0 bridgehead atoms. The van der Waals surface area contributed by atoms with Crippen molar-refractivity contribution in [3.05, 3.63) is 42.5 Å². The predicted molar refractivity (Wildman–Crippen MR) is 86.4 cm³/mol. The standard InChI is InChI=1S/C18H25NO/c1-3-17(19-4-2)10-7-13-20-18-12-11-15-8-5-6-9-16(15)14-18/h5-6,8-9,11-12,14,17,19H,3-4,7,10,13H2,1-2H3. The van der Waals surface area contributed by atoms with Crippen LogP contribution in [0, 0.1) is 0 Å². The van der Waals surface area contributed by atoms with E-state index in [0.717, 1.165) is 25.3 Å². The van der Waals surface area contributed by atoms with E-state index in [4.69, 9.17) is 4.74 Å². The number of hydrogen-bond acceptors (Lipinski definition) is 2. The summed E-state index contributed by atoms with van der Waals surface area (Å²) in [4.78, 5) is 0. The van der Waals surface area contributed by atoms with Gasteiger partial charge in [-0.1, -0.05) is 44.2 Å². The van der Waals surface area contributed by atoms with E-state index in [1.54, 1.807) is 0 Å². The van der Waals surface area contributed by atoms with Crippen molar-refractivity contribution in [1.82, 2.24) is 5.32 Å². The van der Waals surface area contributed by atoms with Gasteiger partial charge in [-0.25, -0.2) is 0 Å². The zero-order valence-electron chi connectivity index (χ0n) is 12.6. The third-order valence-corrected chi connectivity index (χ3v) is 3.67. The first-order valence-corrected chi connectivity index (χ1v) is 7.68. The Bertz CT molecular complexity index is 524. The molecule has 0 radical (unpaired) electrons. The van der Waals surface area contributed by atoms with Crippen molar-refractivity contribution in [1.29, 1.82) is 0 Å². The minimum atomic E-state index is 0.625. The molecule has 2 aromatic carbocycles. The van der Waals surface area contributed by atoms with Crippen LogP contribution in [0.25, 0.3) is 10.8 Å². The average Bonchev–Trinajstić information content (AvgIpc) is 2.50. The highest BCUT2D eigenvalue weighted by Gasteiger charge is 2.04. The second-order valence-corrected chi connectivity index (χ2v) is 5.16. The summed E-state index contributed by atoms with van der Waals surface area (Å²) in [6.45, 7) is 6.23. The molecule has 0 amide bonds. The Morgan fingerprint density at radius 2 is 1.85 bits per heavy atom. The molecule has 0 fully saturated rings. The highest BCUT2D eigenvalue weighted by Crippen LogP contribution is 2.20. The number of ether oxygens (including phenoxy) is 1. The minimum absolute atomic E-state index is 0.625. The molecule has 1 unspecified atom stereocenters. The van der Waals surface area contributed by atoms with Crippen molar-refractivity contribution in [3.63, 3.8) is 0 Å². The van der Waals surface area contributed by atoms with Crippen LogP contribution in [0.3, 0.4) is 0 Å². The van der Waals surface area contributed by atoms with E-state index in [-0.39, 0.29) is 0 Å². The molecule has 0 saturated carbocycles. The Morgan fingerprint density at radius 1 is 1.05 bits per heavy atom. The van der Waals surface area contributed by atoms with Gasteiger partial charge < -0.3 is 10.1 Å². The van der Waals surface area contributed by atoms with E-state index in [2.05, 4.69) is 61.6 Å². The van der Waals surface area contributed by atoms with Gasteiger partial charge in [-0.3, -0.25) is 0 Å². The van der Waals surface area contributed by atoms with Crippen molar-refractivity contribution in [3.8, 4) is 5.75 Å². The Balaban J connectivity index is 1.80. The van der Waals surface area contributed by atoms with Crippen molar-refractivity contribution < 1.29 is 4.74 Å². The zero-order valence-corrected chi connectivity index (χ0v) is 12.6. The van der Waals surface area contributed by atoms with E-state index in [0.29, 0.717) is 6.04 Å². The topological polar surface area (TPSA) is 21.3 Å². The molecule has 1 atom stereocenters. The zero-order chi connectivity index (χ0) is 14.2. The summed E-state index contributed by atoms with van der Waals surface area (Å²) in [6, 6.07) is 15.3. The first kappa shape index (κ1) is 14.9. The van der Waals surface area contributed by atoms with Crippen LogP contribution in [-0.4, -0.2) is 19.2 Å². The molecule has 1 N–H and O–H groups in total. The van der Waals surface area contributed by atoms with Gasteiger partial charge in [0.1, 0.15) is 5.75 Å². The summed E-state index contributed by atoms with van der Waals surface area (Å²) >= 11 is 0. The lowest BCUT2D eigenvalue weighted by molar-refractivity contribution is 0.295. The predicted octanol–water partition coefficient (Wildman–Crippen LogP) is 4.39. The van der Waals surface area contributed by atoms with Gasteiger partial charge in [0.2, 0.25) is 0 Å². The van der Waals surface area contributed by atoms with Crippen LogP contribution in [0.15, 0.2) is 42.5 Å². The second kappa shape index (κ2) is 7.91. The van der Waals surface area contributed by atoms with Gasteiger partial charge in [-0.05, 0) is 48.7 Å². The van der Waals surface area contributed by atoms with Crippen LogP contribution in [0.5, 0.6) is 5.75 Å². The number of fused-ring (bicyclic) bond motifs is 1. The summed E-state index contributed by atoms with van der Waals surface area (Å²) < 4.78 is 5.86. The molecule has 20 heavy (non-hydrogen) atoms. The van der Waals surface area contributed by atoms with Crippen LogP contribution in [0.1, 0.15) is 33.1 Å². The Labute approximate surface area is 122 Å². The number of hydrogen-bond donors (Lipinski definition) is 1. The number of rotatable bonds is 8. The molecule has 2 nitrogen and oxygen atoms in total. The lowest BCUT2D eigenvalue weighted by Gasteiger charge is -2.15. The van der Waals surface area contributed by atoms with Gasteiger partial charge in [-0.15, -0.1) is 0 Å². The monoisotopic (exact) mass is 271 g/mol. The molecule has 2 heteroatoms. The lowest BCUT2D eigenvalue weighted by atomic mass is 10.1. The molecule has 2 aromatic rings. The van der Waals surface area contributed by atoms with E-state index in [9.17, 15) is 0 Å². The van der Waals surface area contributed by atoms with E-state index in [1.165, 1.54) is 23.6 Å². The molecule has 0 aliphatic carbocycles. The fraction of sp³-hybridized carbons (Fsp3) is 0.444. The van der Waals surface area contributed by atoms with Crippen LogP contribution in [0.4, 0.5) is 0 Å². The van der Waals surface area contributed by atoms with Crippen molar-refractivity contribution in [2.45, 2.75) is 39.2 Å². The normalized spacial score (nSPS) is 12.5. The molecular weight excluding hydrogens is 246 g/mol. The van der Waals surface area contributed by atoms with Crippen molar-refractivity contribution in [2.24, 2.45) is 0 Å². The fourth-order valence-corrected chi connectivity index (χ4v) is 2.52. The maximum Gasteiger partial charge on any atom is 0.119 e. The maximum absolute atomic E-state index is 5.86. The van der Waals surface area contributed by atoms with Crippen molar-refractivity contribution >= 4 is 10.8 Å². The first-order valence-electron chi connectivity index (χ1n) is 7.68. The molecule has 0 saturated heterocycles. The molecule has 0 spiro atoms. The van der Waals surface area contributed by atoms with Gasteiger partial charge in [0.15, 0.2) is 0 Å². The quantitative estimate of drug-likeness (QED) is 0.719.